The molecule has 2 atom stereocenters. The molecule has 184 valence electrons. The van der Waals surface area contributed by atoms with Crippen LogP contribution < -0.4 is 5.32 Å². The Kier molecular flexibility index (Phi) is 6.57. The van der Waals surface area contributed by atoms with E-state index in [0.717, 1.165) is 33.7 Å². The molecule has 3 N–H and O–H groups in total. The topological polar surface area (TPSA) is 101 Å². The molecule has 1 aliphatic heterocycles. The van der Waals surface area contributed by atoms with Gasteiger partial charge in [-0.1, -0.05) is 12.1 Å². The lowest BCUT2D eigenvalue weighted by atomic mass is 10.0. The fourth-order valence-corrected chi connectivity index (χ4v) is 5.08. The Morgan fingerprint density at radius 1 is 1.11 bits per heavy atom. The molecule has 0 amide bonds. The number of hydrogen-bond acceptors (Lipinski definition) is 7. The number of anilines is 1. The van der Waals surface area contributed by atoms with Gasteiger partial charge in [-0.15, -0.1) is 0 Å². The van der Waals surface area contributed by atoms with E-state index < -0.39 is 17.8 Å². The minimum absolute atomic E-state index is 0.303. The Morgan fingerprint density at radius 2 is 1.92 bits per heavy atom. The van der Waals surface area contributed by atoms with Crippen LogP contribution in [0.4, 0.5) is 19.0 Å². The predicted molar refractivity (Wildman–Crippen MR) is 131 cm³/mol. The van der Waals surface area contributed by atoms with Crippen LogP contribution in [-0.4, -0.2) is 49.6 Å². The molecule has 0 radical (unpaired) electrons. The zero-order chi connectivity index (χ0) is 25.3. The normalized spacial score (nSPS) is 18.8. The van der Waals surface area contributed by atoms with E-state index in [9.17, 15) is 23.5 Å². The first-order valence-electron chi connectivity index (χ1n) is 11.2. The zero-order valence-corrected chi connectivity index (χ0v) is 19.6. The summed E-state index contributed by atoms with van der Waals surface area (Å²) in [6, 6.07) is 14.0. The van der Waals surface area contributed by atoms with Gasteiger partial charge < -0.3 is 15.4 Å². The SMILES string of the molecule is N#Cc1c[nH]c2ncc(-c3ccc(SN4CCC(Nc5ccc(C(F)(F)F)cn5)C(O)C4)cc3)cc12. The van der Waals surface area contributed by atoms with Crippen LogP contribution in [0.25, 0.3) is 22.2 Å². The van der Waals surface area contributed by atoms with Gasteiger partial charge in [-0.05, 0) is 54.3 Å². The largest absolute Gasteiger partial charge is 0.417 e. The molecule has 1 aromatic carbocycles. The van der Waals surface area contributed by atoms with Crippen LogP contribution in [0.5, 0.6) is 0 Å². The number of aliphatic hydroxyl groups is 1. The number of hydrogen-bond donors (Lipinski definition) is 3. The molecule has 1 aliphatic rings. The lowest BCUT2D eigenvalue weighted by Gasteiger charge is -2.35. The minimum Gasteiger partial charge on any atom is -0.390 e. The van der Waals surface area contributed by atoms with E-state index in [1.54, 1.807) is 12.4 Å². The molecule has 0 spiro atoms. The third-order valence-electron chi connectivity index (χ3n) is 6.04. The van der Waals surface area contributed by atoms with Crippen LogP contribution in [-0.2, 0) is 6.18 Å². The fourth-order valence-electron chi connectivity index (χ4n) is 4.10. The molecule has 0 saturated carbocycles. The highest BCUT2D eigenvalue weighted by Crippen LogP contribution is 2.31. The summed E-state index contributed by atoms with van der Waals surface area (Å²) in [7, 11) is 0. The number of aliphatic hydroxyl groups excluding tert-OH is 1. The summed E-state index contributed by atoms with van der Waals surface area (Å²) in [6.07, 6.45) is -0.324. The number of nitrogens with zero attached hydrogens (tertiary/aromatic N) is 4. The monoisotopic (exact) mass is 510 g/mol. The number of alkyl halides is 3. The van der Waals surface area contributed by atoms with Crippen molar-refractivity contribution < 1.29 is 18.3 Å². The Morgan fingerprint density at radius 3 is 2.58 bits per heavy atom. The molecule has 1 fully saturated rings. The molecule has 7 nitrogen and oxygen atoms in total. The van der Waals surface area contributed by atoms with Crippen molar-refractivity contribution in [3.05, 3.63) is 72.2 Å². The predicted octanol–water partition coefficient (Wildman–Crippen LogP) is 5.07. The number of fused-ring (bicyclic) bond motifs is 1. The van der Waals surface area contributed by atoms with E-state index in [1.807, 2.05) is 30.3 Å². The van der Waals surface area contributed by atoms with Crippen molar-refractivity contribution in [2.45, 2.75) is 29.6 Å². The van der Waals surface area contributed by atoms with Gasteiger partial charge >= 0.3 is 6.18 Å². The second-order valence-corrected chi connectivity index (χ2v) is 9.65. The molecule has 4 aromatic rings. The molecule has 0 bridgehead atoms. The van der Waals surface area contributed by atoms with Crippen molar-refractivity contribution in [2.24, 2.45) is 0 Å². The number of rotatable bonds is 5. The molecule has 11 heteroatoms. The summed E-state index contributed by atoms with van der Waals surface area (Å²) in [5, 5.41) is 23.7. The van der Waals surface area contributed by atoms with E-state index >= 15 is 0 Å². The second kappa shape index (κ2) is 9.81. The second-order valence-electron chi connectivity index (χ2n) is 8.47. The van der Waals surface area contributed by atoms with Crippen molar-refractivity contribution in [2.75, 3.05) is 18.4 Å². The van der Waals surface area contributed by atoms with E-state index in [0.29, 0.717) is 36.5 Å². The maximum absolute atomic E-state index is 12.7. The van der Waals surface area contributed by atoms with Crippen LogP contribution in [0.2, 0.25) is 0 Å². The number of aromatic amines is 1. The number of nitriles is 1. The Hall–Kier alpha value is -3.59. The molecule has 2 unspecified atom stereocenters. The van der Waals surface area contributed by atoms with Gasteiger partial charge in [0, 0.05) is 47.5 Å². The summed E-state index contributed by atoms with van der Waals surface area (Å²) < 4.78 is 40.2. The van der Waals surface area contributed by atoms with Gasteiger partial charge in [0.05, 0.1) is 23.3 Å². The number of pyridine rings is 2. The van der Waals surface area contributed by atoms with Crippen LogP contribution in [0.3, 0.4) is 0 Å². The minimum atomic E-state index is -4.43. The van der Waals surface area contributed by atoms with Crippen LogP contribution in [0.15, 0.2) is 66.0 Å². The first-order valence-corrected chi connectivity index (χ1v) is 12.0. The number of halogens is 3. The standard InChI is InChI=1S/C25H21F3N6OS/c26-25(27,28)18-3-6-23(30-13-18)33-21-7-8-34(14-22(21)35)36-19-4-1-15(2-5-19)16-9-20-17(10-29)12-32-24(20)31-11-16/h1-6,9,11-13,21-22,35H,7-8,14H2,(H,30,33)(H,31,32). The number of piperidine rings is 1. The van der Waals surface area contributed by atoms with Crippen LogP contribution in [0, 0.1) is 11.3 Å². The highest BCUT2D eigenvalue weighted by molar-refractivity contribution is 7.97. The molecule has 36 heavy (non-hydrogen) atoms. The molecule has 5 rings (SSSR count). The maximum atomic E-state index is 12.7. The summed E-state index contributed by atoms with van der Waals surface area (Å²) in [5.41, 5.74) is 2.31. The summed E-state index contributed by atoms with van der Waals surface area (Å²) in [5.74, 6) is 0.304. The lowest BCUT2D eigenvalue weighted by Crippen LogP contribution is -2.47. The molecule has 4 heterocycles. The highest BCUT2D eigenvalue weighted by atomic mass is 32.2. The van der Waals surface area contributed by atoms with Gasteiger partial charge in [-0.25, -0.2) is 14.3 Å². The zero-order valence-electron chi connectivity index (χ0n) is 18.8. The van der Waals surface area contributed by atoms with Gasteiger partial charge in [0.15, 0.2) is 0 Å². The van der Waals surface area contributed by atoms with Crippen molar-refractivity contribution in [3.8, 4) is 17.2 Å². The van der Waals surface area contributed by atoms with Gasteiger partial charge in [0.1, 0.15) is 17.5 Å². The van der Waals surface area contributed by atoms with Crippen LogP contribution in [0.1, 0.15) is 17.5 Å². The molecule has 0 aliphatic carbocycles. The smallest absolute Gasteiger partial charge is 0.390 e. The van der Waals surface area contributed by atoms with E-state index in [-0.39, 0.29) is 6.04 Å². The third-order valence-corrected chi connectivity index (χ3v) is 7.12. The maximum Gasteiger partial charge on any atom is 0.417 e. The van der Waals surface area contributed by atoms with E-state index in [4.69, 9.17) is 0 Å². The average Bonchev–Trinajstić information content (AvgIpc) is 3.28. The average molecular weight is 511 g/mol. The number of nitrogens with one attached hydrogen (secondary N) is 2. The molecular weight excluding hydrogens is 489 g/mol. The van der Waals surface area contributed by atoms with E-state index in [1.165, 1.54) is 18.0 Å². The number of aromatic nitrogens is 3. The first kappa shape index (κ1) is 24.1. The van der Waals surface area contributed by atoms with Gasteiger partial charge in [-0.3, -0.25) is 0 Å². The molecule has 3 aromatic heterocycles. The fraction of sp³-hybridized carbons (Fsp3) is 0.240. The summed E-state index contributed by atoms with van der Waals surface area (Å²) in [6.45, 7) is 1.09. The molecular formula is C25H21F3N6OS. The third kappa shape index (κ3) is 5.16. The number of H-pyrrole nitrogens is 1. The van der Waals surface area contributed by atoms with Crippen LogP contribution >= 0.6 is 11.9 Å². The summed E-state index contributed by atoms with van der Waals surface area (Å²) >= 11 is 1.54. The Bertz CT molecular complexity index is 1400. The highest BCUT2D eigenvalue weighted by Gasteiger charge is 2.31. The van der Waals surface area contributed by atoms with E-state index in [2.05, 4.69) is 30.6 Å². The van der Waals surface area contributed by atoms with Gasteiger partial charge in [-0.2, -0.15) is 18.4 Å². The van der Waals surface area contributed by atoms with Crippen molar-refractivity contribution in [1.29, 1.82) is 5.26 Å². The number of β-amino-alcohol motifs (C(OH)–C–C–N with tert-alkyl or cyclic N) is 1. The van der Waals surface area contributed by atoms with Gasteiger partial charge in [0.2, 0.25) is 0 Å². The van der Waals surface area contributed by atoms with Gasteiger partial charge in [0.25, 0.3) is 0 Å². The Balaban J connectivity index is 1.18. The number of benzene rings is 1. The lowest BCUT2D eigenvalue weighted by molar-refractivity contribution is -0.137. The van der Waals surface area contributed by atoms with Crippen molar-refractivity contribution in [3.63, 3.8) is 0 Å². The van der Waals surface area contributed by atoms with Crippen molar-refractivity contribution in [1.82, 2.24) is 19.3 Å². The quantitative estimate of drug-likeness (QED) is 0.322. The first-order chi connectivity index (χ1) is 17.3. The van der Waals surface area contributed by atoms with Crippen molar-refractivity contribution >= 4 is 28.8 Å². The Labute approximate surface area is 209 Å². The summed E-state index contributed by atoms with van der Waals surface area (Å²) in [4.78, 5) is 12.2. The molecule has 1 saturated heterocycles.